The van der Waals surface area contributed by atoms with Crippen LogP contribution in [0.4, 0.5) is 0 Å². The number of hydrogen-bond acceptors (Lipinski definition) is 4. The minimum absolute atomic E-state index is 0.175. The van der Waals surface area contributed by atoms with Gasteiger partial charge in [-0.25, -0.2) is 0 Å². The van der Waals surface area contributed by atoms with E-state index in [0.717, 1.165) is 22.3 Å². The maximum atomic E-state index is 12.9. The Labute approximate surface area is 202 Å². The zero-order valence-corrected chi connectivity index (χ0v) is 18.9. The van der Waals surface area contributed by atoms with E-state index in [1.807, 2.05) is 59.4 Å². The smallest absolute Gasteiger partial charge is 0.272 e. The van der Waals surface area contributed by atoms with Gasteiger partial charge in [0.15, 0.2) is 0 Å². The number of benzene rings is 3. The van der Waals surface area contributed by atoms with E-state index in [2.05, 4.69) is 39.8 Å². The first-order chi connectivity index (χ1) is 17.2. The Kier molecular flexibility index (Phi) is 6.30. The largest absolute Gasteiger partial charge is 0.347 e. The molecule has 1 N–H and O–H groups in total. The van der Waals surface area contributed by atoms with Crippen molar-refractivity contribution < 1.29 is 4.79 Å². The second-order valence-corrected chi connectivity index (χ2v) is 8.04. The minimum Gasteiger partial charge on any atom is -0.347 e. The Morgan fingerprint density at radius 3 is 2.37 bits per heavy atom. The van der Waals surface area contributed by atoms with Crippen molar-refractivity contribution in [2.75, 3.05) is 0 Å². The monoisotopic (exact) mass is 461 g/mol. The molecule has 5 aromatic rings. The lowest BCUT2D eigenvalue weighted by Gasteiger charge is -2.12. The van der Waals surface area contributed by atoms with Crippen LogP contribution < -0.4 is 10.9 Å². The van der Waals surface area contributed by atoms with Gasteiger partial charge in [-0.05, 0) is 46.5 Å². The van der Waals surface area contributed by atoms with Crippen LogP contribution in [0.3, 0.4) is 0 Å². The average molecular weight is 462 g/mol. The molecule has 7 heteroatoms. The fourth-order valence-corrected chi connectivity index (χ4v) is 3.88. The third kappa shape index (κ3) is 5.09. The summed E-state index contributed by atoms with van der Waals surface area (Å²) in [6.45, 7) is 1.04. The predicted molar refractivity (Wildman–Crippen MR) is 134 cm³/mol. The number of nitrogens with one attached hydrogen (secondary N) is 1. The Bertz CT molecular complexity index is 1490. The molecule has 0 spiro atoms. The summed E-state index contributed by atoms with van der Waals surface area (Å²) in [6, 6.07) is 30.0. The molecule has 7 nitrogen and oxygen atoms in total. The topological polar surface area (TPSA) is 81.8 Å². The van der Waals surface area contributed by atoms with E-state index >= 15 is 0 Å². The summed E-state index contributed by atoms with van der Waals surface area (Å²) in [5, 5.41) is 11.4. The number of para-hydroxylation sites is 1. The van der Waals surface area contributed by atoms with Gasteiger partial charge in [-0.2, -0.15) is 14.9 Å². The molecule has 2 heterocycles. The third-order valence-corrected chi connectivity index (χ3v) is 5.66. The fourth-order valence-electron chi connectivity index (χ4n) is 3.88. The van der Waals surface area contributed by atoms with E-state index in [4.69, 9.17) is 0 Å². The van der Waals surface area contributed by atoms with Crippen LogP contribution in [0.15, 0.2) is 114 Å². The van der Waals surface area contributed by atoms with Gasteiger partial charge >= 0.3 is 0 Å². The second-order valence-electron chi connectivity index (χ2n) is 8.04. The molecular weight excluding hydrogens is 438 g/mol. The van der Waals surface area contributed by atoms with E-state index in [-0.39, 0.29) is 17.2 Å². The van der Waals surface area contributed by atoms with Gasteiger partial charge in [0.2, 0.25) is 0 Å². The van der Waals surface area contributed by atoms with Crippen molar-refractivity contribution in [3.63, 3.8) is 0 Å². The number of nitrogens with zero attached hydrogens (tertiary/aromatic N) is 4. The maximum absolute atomic E-state index is 12.9. The van der Waals surface area contributed by atoms with Gasteiger partial charge < -0.3 is 5.32 Å². The zero-order chi connectivity index (χ0) is 24.0. The van der Waals surface area contributed by atoms with E-state index < -0.39 is 0 Å². The minimum atomic E-state index is -0.348. The van der Waals surface area contributed by atoms with Crippen LogP contribution in [0.25, 0.3) is 16.8 Å². The van der Waals surface area contributed by atoms with Gasteiger partial charge in [0.25, 0.3) is 11.5 Å². The van der Waals surface area contributed by atoms with E-state index in [9.17, 15) is 9.59 Å². The molecule has 0 saturated carbocycles. The molecule has 172 valence electrons. The summed E-state index contributed by atoms with van der Waals surface area (Å²) < 4.78 is 3.11. The van der Waals surface area contributed by atoms with Crippen molar-refractivity contribution in [2.45, 2.75) is 13.1 Å². The highest BCUT2D eigenvalue weighted by Crippen LogP contribution is 2.24. The van der Waals surface area contributed by atoms with Gasteiger partial charge in [-0.1, -0.05) is 66.7 Å². The number of amides is 1. The Hall–Kier alpha value is -4.78. The number of carbonyl (C=O) groups is 1. The van der Waals surface area contributed by atoms with E-state index in [0.29, 0.717) is 18.8 Å². The first-order valence-electron chi connectivity index (χ1n) is 11.3. The fraction of sp³-hybridized carbons (Fsp3) is 0.0714. The summed E-state index contributed by atoms with van der Waals surface area (Å²) in [5.41, 5.74) is 4.73. The lowest BCUT2D eigenvalue weighted by Crippen LogP contribution is -2.28. The standard InChI is InChI=1S/C28H23N5O2/c34-27-16-15-26(31-33(27)24-8-2-1-3-9-24)28(35)29-19-23-7-4-5-10-25(23)22-13-11-21(12-14-22)20-32-18-6-17-30-32/h1-18H,19-20H2,(H,29,35). The summed E-state index contributed by atoms with van der Waals surface area (Å²) in [5.74, 6) is -0.348. The Balaban J connectivity index is 1.31. The number of aromatic nitrogens is 4. The Morgan fingerprint density at radius 2 is 1.60 bits per heavy atom. The molecular formula is C28H23N5O2. The number of carbonyl (C=O) groups excluding carboxylic acids is 1. The van der Waals surface area contributed by atoms with Crippen molar-refractivity contribution in [3.8, 4) is 16.8 Å². The van der Waals surface area contributed by atoms with E-state index in [1.54, 1.807) is 18.3 Å². The molecule has 3 aromatic carbocycles. The molecule has 0 aliphatic heterocycles. The van der Waals surface area contributed by atoms with Crippen LogP contribution in [0.1, 0.15) is 21.6 Å². The molecule has 0 radical (unpaired) electrons. The van der Waals surface area contributed by atoms with E-state index in [1.165, 1.54) is 16.8 Å². The quantitative estimate of drug-likeness (QED) is 0.396. The highest BCUT2D eigenvalue weighted by molar-refractivity contribution is 5.92. The highest BCUT2D eigenvalue weighted by Gasteiger charge is 2.12. The average Bonchev–Trinajstić information content (AvgIpc) is 3.42. The first kappa shape index (κ1) is 22.0. The molecule has 1 amide bonds. The molecule has 0 bridgehead atoms. The molecule has 2 aromatic heterocycles. The van der Waals surface area contributed by atoms with Crippen molar-refractivity contribution in [1.82, 2.24) is 24.9 Å². The van der Waals surface area contributed by atoms with Crippen molar-refractivity contribution >= 4 is 5.91 Å². The first-order valence-corrected chi connectivity index (χ1v) is 11.3. The lowest BCUT2D eigenvalue weighted by atomic mass is 9.98. The Morgan fingerprint density at radius 1 is 0.829 bits per heavy atom. The SMILES string of the molecule is O=C(NCc1ccccc1-c1ccc(Cn2cccn2)cc1)c1ccc(=O)n(-c2ccccc2)n1. The molecule has 35 heavy (non-hydrogen) atoms. The van der Waals surface area contributed by atoms with Gasteiger partial charge in [0, 0.05) is 25.0 Å². The summed E-state index contributed by atoms with van der Waals surface area (Å²) in [4.78, 5) is 25.1. The number of hydrogen-bond donors (Lipinski definition) is 1. The normalized spacial score (nSPS) is 10.7. The molecule has 0 unspecified atom stereocenters. The molecule has 0 aliphatic rings. The molecule has 0 fully saturated rings. The molecule has 0 atom stereocenters. The van der Waals surface area contributed by atoms with Crippen LogP contribution >= 0.6 is 0 Å². The van der Waals surface area contributed by atoms with Crippen LogP contribution in [0.5, 0.6) is 0 Å². The highest BCUT2D eigenvalue weighted by atomic mass is 16.2. The van der Waals surface area contributed by atoms with Gasteiger partial charge in [0.05, 0.1) is 12.2 Å². The van der Waals surface area contributed by atoms with Crippen LogP contribution in [-0.4, -0.2) is 25.5 Å². The molecule has 0 aliphatic carbocycles. The summed E-state index contributed by atoms with van der Waals surface area (Å²) >= 11 is 0. The maximum Gasteiger partial charge on any atom is 0.272 e. The van der Waals surface area contributed by atoms with Crippen molar-refractivity contribution in [1.29, 1.82) is 0 Å². The predicted octanol–water partition coefficient (Wildman–Crippen LogP) is 4.07. The number of rotatable bonds is 7. The third-order valence-electron chi connectivity index (χ3n) is 5.66. The van der Waals surface area contributed by atoms with Crippen molar-refractivity contribution in [2.24, 2.45) is 0 Å². The molecule has 0 saturated heterocycles. The van der Waals surface area contributed by atoms with Crippen molar-refractivity contribution in [3.05, 3.63) is 137 Å². The van der Waals surface area contributed by atoms with Gasteiger partial charge in [0.1, 0.15) is 5.69 Å². The van der Waals surface area contributed by atoms with Crippen LogP contribution in [-0.2, 0) is 13.1 Å². The van der Waals surface area contributed by atoms with Gasteiger partial charge in [-0.3, -0.25) is 14.3 Å². The summed E-state index contributed by atoms with van der Waals surface area (Å²) in [7, 11) is 0. The van der Waals surface area contributed by atoms with Crippen LogP contribution in [0, 0.1) is 0 Å². The zero-order valence-electron chi connectivity index (χ0n) is 18.9. The lowest BCUT2D eigenvalue weighted by molar-refractivity contribution is 0.0944. The van der Waals surface area contributed by atoms with Crippen LogP contribution in [0.2, 0.25) is 0 Å². The summed E-state index contributed by atoms with van der Waals surface area (Å²) in [6.07, 6.45) is 3.71. The molecule has 5 rings (SSSR count). The van der Waals surface area contributed by atoms with Gasteiger partial charge in [-0.15, -0.1) is 0 Å². The second kappa shape index (κ2) is 10.0.